The third-order valence-electron chi connectivity index (χ3n) is 5.87. The average molecular weight is 432 g/mol. The quantitative estimate of drug-likeness (QED) is 0.584. The first-order valence-electron chi connectivity index (χ1n) is 9.73. The molecule has 1 atom stereocenters. The molecule has 0 fully saturated rings. The van der Waals surface area contributed by atoms with Crippen LogP contribution < -0.4 is 11.0 Å². The highest BCUT2D eigenvalue weighted by molar-refractivity contribution is 7.71. The molecule has 0 aliphatic heterocycles. The minimum atomic E-state index is -0.252. The number of nitrogens with zero attached hydrogens (tertiary/aromatic N) is 1. The molecule has 146 valence electrons. The van der Waals surface area contributed by atoms with Gasteiger partial charge in [0.25, 0.3) is 11.5 Å². The van der Waals surface area contributed by atoms with Crippen LogP contribution in [0.15, 0.2) is 10.2 Å². The molecule has 0 radical (unpaired) electrons. The predicted molar refractivity (Wildman–Crippen MR) is 117 cm³/mol. The molecule has 5 nitrogen and oxygen atoms in total. The van der Waals surface area contributed by atoms with E-state index in [1.54, 1.807) is 22.7 Å². The number of rotatable bonds is 2. The lowest BCUT2D eigenvalue weighted by molar-refractivity contribution is 0.101. The second kappa shape index (κ2) is 6.93. The van der Waals surface area contributed by atoms with Gasteiger partial charge >= 0.3 is 0 Å². The van der Waals surface area contributed by atoms with E-state index in [9.17, 15) is 9.59 Å². The van der Waals surface area contributed by atoms with Crippen LogP contribution in [0.5, 0.6) is 0 Å². The summed E-state index contributed by atoms with van der Waals surface area (Å²) in [6.45, 7) is 2.25. The van der Waals surface area contributed by atoms with Gasteiger partial charge in [0, 0.05) is 15.1 Å². The Hall–Kier alpha value is -1.77. The van der Waals surface area contributed by atoms with Crippen LogP contribution in [-0.2, 0) is 25.7 Å². The van der Waals surface area contributed by atoms with E-state index in [0.717, 1.165) is 54.5 Å². The second-order valence-electron chi connectivity index (χ2n) is 7.83. The predicted octanol–water partition coefficient (Wildman–Crippen LogP) is 4.57. The number of nitrogens with one attached hydrogen (secondary N) is 2. The highest BCUT2D eigenvalue weighted by Crippen LogP contribution is 2.35. The molecular weight excluding hydrogens is 410 g/mol. The minimum absolute atomic E-state index is 0.219. The Morgan fingerprint density at radius 1 is 1.25 bits per heavy atom. The normalized spacial score (nSPS) is 18.7. The van der Waals surface area contributed by atoms with Crippen molar-refractivity contribution in [3.8, 4) is 0 Å². The summed E-state index contributed by atoms with van der Waals surface area (Å²) in [5, 5.41) is 2.60. The molecule has 3 aromatic rings. The van der Waals surface area contributed by atoms with Gasteiger partial charge in [-0.05, 0) is 74.2 Å². The molecule has 2 aliphatic rings. The first kappa shape index (κ1) is 18.3. The van der Waals surface area contributed by atoms with Crippen LogP contribution >= 0.6 is 34.9 Å². The van der Waals surface area contributed by atoms with Gasteiger partial charge in [0.1, 0.15) is 4.83 Å². The third kappa shape index (κ3) is 2.89. The molecule has 3 heterocycles. The summed E-state index contributed by atoms with van der Waals surface area (Å²) in [5.41, 5.74) is 5.50. The standard InChI is InChI=1S/C20H21N3O2S3/c1-10-6-7-12-15(8-10)28-18-16(12)19(25)23(20(26)21-18)22-17(24)13-9-27-14-5-3-2-4-11(13)14/h9-10H,2-8H2,1H3,(H,21,26)(H,22,24)/t10-/m0/s1. The van der Waals surface area contributed by atoms with Crippen molar-refractivity contribution in [2.45, 2.75) is 51.9 Å². The van der Waals surface area contributed by atoms with Gasteiger partial charge in [0.05, 0.1) is 10.9 Å². The van der Waals surface area contributed by atoms with E-state index in [-0.39, 0.29) is 16.2 Å². The highest BCUT2D eigenvalue weighted by Gasteiger charge is 2.25. The number of carbonyl (C=O) groups is 1. The van der Waals surface area contributed by atoms with Crippen molar-refractivity contribution in [1.82, 2.24) is 9.66 Å². The molecule has 3 aromatic heterocycles. The van der Waals surface area contributed by atoms with E-state index in [4.69, 9.17) is 12.2 Å². The highest BCUT2D eigenvalue weighted by atomic mass is 32.1. The molecule has 0 spiro atoms. The summed E-state index contributed by atoms with van der Waals surface area (Å²) in [4.78, 5) is 32.7. The monoisotopic (exact) mass is 431 g/mol. The van der Waals surface area contributed by atoms with Crippen molar-refractivity contribution in [2.75, 3.05) is 5.43 Å². The molecule has 5 rings (SSSR count). The lowest BCUT2D eigenvalue weighted by Crippen LogP contribution is -2.34. The number of aromatic nitrogens is 2. The molecule has 28 heavy (non-hydrogen) atoms. The van der Waals surface area contributed by atoms with Gasteiger partial charge in [-0.3, -0.25) is 15.0 Å². The first-order valence-corrected chi connectivity index (χ1v) is 11.8. The van der Waals surface area contributed by atoms with Crippen LogP contribution in [0.2, 0.25) is 0 Å². The molecule has 0 saturated carbocycles. The van der Waals surface area contributed by atoms with Crippen LogP contribution in [0.4, 0.5) is 0 Å². The Balaban J connectivity index is 1.56. The average Bonchev–Trinajstić information content (AvgIpc) is 3.25. The Morgan fingerprint density at radius 2 is 2.07 bits per heavy atom. The van der Waals surface area contributed by atoms with Crippen LogP contribution in [-0.4, -0.2) is 15.6 Å². The lowest BCUT2D eigenvalue weighted by atomic mass is 9.89. The molecule has 0 bridgehead atoms. The first-order chi connectivity index (χ1) is 13.5. The Labute approximate surface area is 175 Å². The van der Waals surface area contributed by atoms with Crippen molar-refractivity contribution in [3.05, 3.63) is 46.9 Å². The Bertz CT molecular complexity index is 1210. The fourth-order valence-electron chi connectivity index (χ4n) is 4.37. The third-order valence-corrected chi connectivity index (χ3v) is 8.41. The zero-order valence-corrected chi connectivity index (χ0v) is 18.0. The fourth-order valence-corrected chi connectivity index (χ4v) is 7.19. The summed E-state index contributed by atoms with van der Waals surface area (Å²) < 4.78 is 1.46. The van der Waals surface area contributed by atoms with E-state index < -0.39 is 0 Å². The van der Waals surface area contributed by atoms with Gasteiger partial charge in [-0.25, -0.2) is 0 Å². The van der Waals surface area contributed by atoms with Gasteiger partial charge in [-0.2, -0.15) is 4.68 Å². The molecular formula is C20H21N3O2S3. The van der Waals surface area contributed by atoms with Crippen molar-refractivity contribution >= 4 is 51.0 Å². The largest absolute Gasteiger partial charge is 0.322 e. The molecule has 0 aromatic carbocycles. The Morgan fingerprint density at radius 3 is 2.93 bits per heavy atom. The molecule has 2 aliphatic carbocycles. The number of amides is 1. The van der Waals surface area contributed by atoms with Crippen LogP contribution in [0.1, 0.15) is 57.4 Å². The van der Waals surface area contributed by atoms with Crippen LogP contribution in [0.3, 0.4) is 0 Å². The van der Waals surface area contributed by atoms with E-state index in [2.05, 4.69) is 17.3 Å². The van der Waals surface area contributed by atoms with Gasteiger partial charge in [-0.1, -0.05) is 6.92 Å². The maximum absolute atomic E-state index is 13.2. The number of aromatic amines is 1. The van der Waals surface area contributed by atoms with Gasteiger partial charge in [-0.15, -0.1) is 22.7 Å². The van der Waals surface area contributed by atoms with Crippen molar-refractivity contribution < 1.29 is 4.79 Å². The SMILES string of the molecule is C[C@H]1CCc2c(sc3[nH]c(=S)n(NC(=O)c4csc5c4CCCC5)c(=O)c23)C1. The van der Waals surface area contributed by atoms with E-state index in [1.807, 2.05) is 5.38 Å². The van der Waals surface area contributed by atoms with E-state index in [1.165, 1.54) is 20.9 Å². The van der Waals surface area contributed by atoms with Gasteiger partial charge in [0.2, 0.25) is 4.77 Å². The van der Waals surface area contributed by atoms with Gasteiger partial charge in [0.15, 0.2) is 0 Å². The maximum atomic E-state index is 13.2. The Kier molecular flexibility index (Phi) is 4.52. The van der Waals surface area contributed by atoms with Crippen molar-refractivity contribution in [2.24, 2.45) is 5.92 Å². The van der Waals surface area contributed by atoms with Crippen LogP contribution in [0.25, 0.3) is 10.2 Å². The summed E-state index contributed by atoms with van der Waals surface area (Å²) >= 11 is 8.67. The second-order valence-corrected chi connectivity index (χ2v) is 10.3. The number of hydrogen-bond donors (Lipinski definition) is 2. The molecule has 2 N–H and O–H groups in total. The number of hydrogen-bond acceptors (Lipinski definition) is 5. The zero-order valence-electron chi connectivity index (χ0n) is 15.6. The van der Waals surface area contributed by atoms with Crippen molar-refractivity contribution in [3.63, 3.8) is 0 Å². The van der Waals surface area contributed by atoms with Crippen molar-refractivity contribution in [1.29, 1.82) is 0 Å². The molecule has 1 amide bonds. The fraction of sp³-hybridized carbons (Fsp3) is 0.450. The minimum Gasteiger partial charge on any atom is -0.322 e. The topological polar surface area (TPSA) is 66.9 Å². The zero-order chi connectivity index (χ0) is 19.4. The summed E-state index contributed by atoms with van der Waals surface area (Å²) in [7, 11) is 0. The number of thiophene rings is 2. The van der Waals surface area contributed by atoms with Gasteiger partial charge < -0.3 is 4.98 Å². The number of carbonyl (C=O) groups excluding carboxylic acids is 1. The summed E-state index contributed by atoms with van der Waals surface area (Å²) in [6.07, 6.45) is 7.25. The number of H-pyrrole nitrogens is 1. The van der Waals surface area contributed by atoms with E-state index >= 15 is 0 Å². The number of aryl methyl sites for hydroxylation is 2. The smallest absolute Gasteiger partial charge is 0.282 e. The van der Waals surface area contributed by atoms with Crippen LogP contribution in [0, 0.1) is 10.7 Å². The number of fused-ring (bicyclic) bond motifs is 4. The molecule has 0 saturated heterocycles. The molecule has 0 unspecified atom stereocenters. The lowest BCUT2D eigenvalue weighted by Gasteiger charge is -2.17. The molecule has 8 heteroatoms. The maximum Gasteiger partial charge on any atom is 0.282 e. The summed E-state index contributed by atoms with van der Waals surface area (Å²) in [5.74, 6) is 0.383. The summed E-state index contributed by atoms with van der Waals surface area (Å²) in [6, 6.07) is 0. The van der Waals surface area contributed by atoms with E-state index in [0.29, 0.717) is 16.9 Å².